The number of aryl methyl sites for hydroxylation is 1. The van der Waals surface area contributed by atoms with E-state index in [4.69, 9.17) is 4.74 Å². The number of hydrogen-bond donors (Lipinski definition) is 0. The van der Waals surface area contributed by atoms with Crippen molar-refractivity contribution in [1.29, 1.82) is 0 Å². The van der Waals surface area contributed by atoms with Gasteiger partial charge in [-0.1, -0.05) is 6.07 Å². The van der Waals surface area contributed by atoms with Gasteiger partial charge in [-0.15, -0.1) is 0 Å². The van der Waals surface area contributed by atoms with Gasteiger partial charge in [0.25, 0.3) is 0 Å². The molecule has 0 radical (unpaired) electrons. The first-order chi connectivity index (χ1) is 11.4. The number of rotatable bonds is 2. The lowest BCUT2D eigenvalue weighted by molar-refractivity contribution is -0.178. The van der Waals surface area contributed by atoms with Crippen LogP contribution in [0.4, 0.5) is 4.39 Å². The van der Waals surface area contributed by atoms with Gasteiger partial charge in [-0.25, -0.2) is 12.8 Å². The smallest absolute Gasteiger partial charge is 0.246 e. The zero-order valence-corrected chi connectivity index (χ0v) is 14.2. The lowest BCUT2D eigenvalue weighted by atomic mass is 10.0. The van der Waals surface area contributed by atoms with Crippen molar-refractivity contribution in [2.75, 3.05) is 19.7 Å². The lowest BCUT2D eigenvalue weighted by Crippen LogP contribution is -2.56. The molecule has 0 unspecified atom stereocenters. The van der Waals surface area contributed by atoms with Gasteiger partial charge < -0.3 is 9.64 Å². The summed E-state index contributed by atoms with van der Waals surface area (Å²) in [5, 5.41) is 0. The molecule has 3 saturated heterocycles. The average molecular weight is 354 g/mol. The number of amides is 1. The molecule has 0 saturated carbocycles. The van der Waals surface area contributed by atoms with Crippen LogP contribution in [0.15, 0.2) is 23.1 Å². The standard InChI is InChI=1S/C16H19FN2O4S/c1-11-3-4-12(17)13(9-11)24(21,22)19-7-5-16-14(19)10-15(20)18(16)6-2-8-23-16/h3-4,9,14H,2,5-8,10H2,1H3/t14-,16+/m1/s1. The molecule has 0 aliphatic carbocycles. The van der Waals surface area contributed by atoms with Crippen LogP contribution in [0.3, 0.4) is 0 Å². The largest absolute Gasteiger partial charge is 0.354 e. The molecule has 0 N–H and O–H groups in total. The van der Waals surface area contributed by atoms with Crippen molar-refractivity contribution in [2.45, 2.75) is 42.8 Å². The quantitative estimate of drug-likeness (QED) is 0.802. The summed E-state index contributed by atoms with van der Waals surface area (Å²) in [5.74, 6) is -0.864. The first-order valence-electron chi connectivity index (χ1n) is 8.09. The van der Waals surface area contributed by atoms with Gasteiger partial charge in [-0.3, -0.25) is 4.79 Å². The van der Waals surface area contributed by atoms with Crippen LogP contribution < -0.4 is 0 Å². The van der Waals surface area contributed by atoms with Gasteiger partial charge in [0.05, 0.1) is 12.6 Å². The van der Waals surface area contributed by atoms with Crippen molar-refractivity contribution in [1.82, 2.24) is 9.21 Å². The highest BCUT2D eigenvalue weighted by atomic mass is 32.2. The number of nitrogens with zero attached hydrogens (tertiary/aromatic N) is 2. The Kier molecular flexibility index (Phi) is 3.49. The Morgan fingerprint density at radius 1 is 1.33 bits per heavy atom. The third-order valence-corrected chi connectivity index (χ3v) is 7.16. The molecular weight excluding hydrogens is 335 g/mol. The van der Waals surface area contributed by atoms with Crippen LogP contribution in [0.1, 0.15) is 24.8 Å². The van der Waals surface area contributed by atoms with Crippen molar-refractivity contribution >= 4 is 15.9 Å². The van der Waals surface area contributed by atoms with Crippen LogP contribution >= 0.6 is 0 Å². The summed E-state index contributed by atoms with van der Waals surface area (Å²) in [6, 6.07) is 3.45. The minimum atomic E-state index is -4.03. The Bertz CT molecular complexity index is 812. The van der Waals surface area contributed by atoms with Gasteiger partial charge in [0.1, 0.15) is 10.7 Å². The topological polar surface area (TPSA) is 66.9 Å². The van der Waals surface area contributed by atoms with Crippen LogP contribution in [0.5, 0.6) is 0 Å². The maximum absolute atomic E-state index is 14.2. The first-order valence-corrected chi connectivity index (χ1v) is 9.53. The van der Waals surface area contributed by atoms with Gasteiger partial charge in [0.2, 0.25) is 15.9 Å². The number of sulfonamides is 1. The number of ether oxygens (including phenoxy) is 1. The molecule has 3 heterocycles. The van der Waals surface area contributed by atoms with E-state index in [9.17, 15) is 17.6 Å². The second-order valence-electron chi connectivity index (χ2n) is 6.61. The van der Waals surface area contributed by atoms with E-state index in [2.05, 4.69) is 0 Å². The molecule has 4 rings (SSSR count). The molecule has 8 heteroatoms. The Hall–Kier alpha value is -1.51. The fourth-order valence-electron chi connectivity index (χ4n) is 4.13. The number of carbonyl (C=O) groups excluding carboxylic acids is 1. The zero-order valence-electron chi connectivity index (χ0n) is 13.4. The highest BCUT2D eigenvalue weighted by Gasteiger charge is 2.63. The summed E-state index contributed by atoms with van der Waals surface area (Å²) < 4.78 is 47.4. The van der Waals surface area contributed by atoms with Crippen molar-refractivity contribution in [3.63, 3.8) is 0 Å². The van der Waals surface area contributed by atoms with E-state index >= 15 is 0 Å². The number of benzene rings is 1. The van der Waals surface area contributed by atoms with E-state index in [0.29, 0.717) is 25.1 Å². The molecule has 130 valence electrons. The van der Waals surface area contributed by atoms with Crippen LogP contribution in [0.25, 0.3) is 0 Å². The van der Waals surface area contributed by atoms with E-state index < -0.39 is 27.6 Å². The van der Waals surface area contributed by atoms with Crippen LogP contribution in [-0.2, 0) is 19.6 Å². The van der Waals surface area contributed by atoms with Crippen LogP contribution in [0, 0.1) is 12.7 Å². The van der Waals surface area contributed by atoms with Gasteiger partial charge in [0.15, 0.2) is 5.72 Å². The van der Waals surface area contributed by atoms with Crippen LogP contribution in [0.2, 0.25) is 0 Å². The highest BCUT2D eigenvalue weighted by Crippen LogP contribution is 2.46. The van der Waals surface area contributed by atoms with E-state index in [0.717, 1.165) is 12.5 Å². The second kappa shape index (κ2) is 5.24. The lowest BCUT2D eigenvalue weighted by Gasteiger charge is -2.42. The van der Waals surface area contributed by atoms with Gasteiger partial charge in [-0.05, 0) is 31.0 Å². The summed E-state index contributed by atoms with van der Waals surface area (Å²) in [7, 11) is -4.03. The van der Waals surface area contributed by atoms with Gasteiger partial charge >= 0.3 is 0 Å². The maximum Gasteiger partial charge on any atom is 0.246 e. The molecule has 24 heavy (non-hydrogen) atoms. The van der Waals surface area contributed by atoms with E-state index in [1.807, 2.05) is 0 Å². The summed E-state index contributed by atoms with van der Waals surface area (Å²) in [6.07, 6.45) is 1.27. The third-order valence-electron chi connectivity index (χ3n) is 5.24. The van der Waals surface area contributed by atoms with Crippen molar-refractivity contribution in [3.05, 3.63) is 29.6 Å². The number of halogens is 1. The van der Waals surface area contributed by atoms with E-state index in [1.54, 1.807) is 11.8 Å². The van der Waals surface area contributed by atoms with Crippen molar-refractivity contribution in [3.8, 4) is 0 Å². The highest BCUT2D eigenvalue weighted by molar-refractivity contribution is 7.89. The Labute approximate surface area is 140 Å². The fourth-order valence-corrected chi connectivity index (χ4v) is 5.94. The molecule has 1 spiro atoms. The fraction of sp³-hybridized carbons (Fsp3) is 0.562. The average Bonchev–Trinajstić information content (AvgIpc) is 3.02. The van der Waals surface area contributed by atoms with Crippen LogP contribution in [-0.4, -0.2) is 55.0 Å². The van der Waals surface area contributed by atoms with E-state index in [-0.39, 0.29) is 23.8 Å². The molecule has 1 aromatic carbocycles. The zero-order chi connectivity index (χ0) is 17.1. The number of carbonyl (C=O) groups is 1. The van der Waals surface area contributed by atoms with E-state index in [1.165, 1.54) is 16.4 Å². The molecule has 1 aromatic rings. The Balaban J connectivity index is 1.75. The van der Waals surface area contributed by atoms with Crippen molar-refractivity contribution < 1.29 is 22.3 Å². The third kappa shape index (κ3) is 2.06. The summed E-state index contributed by atoms with van der Waals surface area (Å²) in [4.78, 5) is 13.6. The summed E-state index contributed by atoms with van der Waals surface area (Å²) >= 11 is 0. The molecule has 3 aliphatic rings. The molecular formula is C16H19FN2O4S. The van der Waals surface area contributed by atoms with Gasteiger partial charge in [0, 0.05) is 25.9 Å². The molecule has 6 nitrogen and oxygen atoms in total. The second-order valence-corrected chi connectivity index (χ2v) is 8.47. The first kappa shape index (κ1) is 16.0. The maximum atomic E-state index is 14.2. The molecule has 0 aromatic heterocycles. The molecule has 0 bridgehead atoms. The van der Waals surface area contributed by atoms with Crippen molar-refractivity contribution in [2.24, 2.45) is 0 Å². The summed E-state index contributed by atoms with van der Waals surface area (Å²) in [5.41, 5.74) is -0.204. The molecule has 3 aliphatic heterocycles. The normalized spacial score (nSPS) is 30.5. The molecule has 1 amide bonds. The Morgan fingerprint density at radius 2 is 2.12 bits per heavy atom. The molecule has 2 atom stereocenters. The SMILES string of the molecule is Cc1ccc(F)c(S(=O)(=O)N2CC[C@@]34OCCCN3C(=O)C[C@@H]24)c1. The monoisotopic (exact) mass is 354 g/mol. The molecule has 3 fully saturated rings. The predicted octanol–water partition coefficient (Wildman–Crippen LogP) is 1.25. The minimum absolute atomic E-state index is 0.0899. The minimum Gasteiger partial charge on any atom is -0.354 e. The predicted molar refractivity (Wildman–Crippen MR) is 83.1 cm³/mol. The Morgan fingerprint density at radius 3 is 2.92 bits per heavy atom. The van der Waals surface area contributed by atoms with Gasteiger partial charge in [-0.2, -0.15) is 4.31 Å². The number of hydrogen-bond acceptors (Lipinski definition) is 4. The summed E-state index contributed by atoms with van der Waals surface area (Å²) in [6.45, 7) is 3.04.